The van der Waals surface area contributed by atoms with Crippen LogP contribution in [-0.4, -0.2) is 42.9 Å². The first kappa shape index (κ1) is 17.5. The van der Waals surface area contributed by atoms with Crippen molar-refractivity contribution in [2.75, 3.05) is 24.5 Å². The molecular formula is C17H26FN3O2. The lowest BCUT2D eigenvalue weighted by atomic mass is 10.0. The molecule has 2 amide bonds. The van der Waals surface area contributed by atoms with Gasteiger partial charge in [-0.25, -0.2) is 9.18 Å². The molecule has 6 heteroatoms. The third-order valence-corrected chi connectivity index (χ3v) is 4.24. The summed E-state index contributed by atoms with van der Waals surface area (Å²) in [7, 11) is 0. The Hall–Kier alpha value is -1.82. The van der Waals surface area contributed by atoms with Crippen LogP contribution in [0, 0.1) is 5.82 Å². The maximum Gasteiger partial charge on any atom is 0.315 e. The fraction of sp³-hybridized carbons (Fsp3) is 0.588. The number of nitrogens with zero attached hydrogens (tertiary/aromatic N) is 1. The second kappa shape index (κ2) is 8.72. The molecule has 1 unspecified atom stereocenters. The fourth-order valence-electron chi connectivity index (χ4n) is 2.75. The molecule has 0 radical (unpaired) electrons. The average molecular weight is 323 g/mol. The first-order chi connectivity index (χ1) is 11.1. The first-order valence-corrected chi connectivity index (χ1v) is 8.31. The number of carbonyl (C=O) groups is 1. The molecule has 0 bridgehead atoms. The Morgan fingerprint density at radius 3 is 2.83 bits per heavy atom. The molecule has 23 heavy (non-hydrogen) atoms. The summed E-state index contributed by atoms with van der Waals surface area (Å²) < 4.78 is 13.3. The van der Waals surface area contributed by atoms with Gasteiger partial charge in [0.05, 0.1) is 6.10 Å². The van der Waals surface area contributed by atoms with Gasteiger partial charge < -0.3 is 20.6 Å². The molecule has 1 aliphatic heterocycles. The molecule has 1 heterocycles. The van der Waals surface area contributed by atoms with Crippen molar-refractivity contribution in [2.45, 2.75) is 44.8 Å². The molecule has 1 aromatic rings. The summed E-state index contributed by atoms with van der Waals surface area (Å²) in [6, 6.07) is 6.56. The number of hydrogen-bond donors (Lipinski definition) is 3. The van der Waals surface area contributed by atoms with Gasteiger partial charge in [0.1, 0.15) is 5.82 Å². The molecule has 0 aromatic heterocycles. The second-order valence-corrected chi connectivity index (χ2v) is 5.99. The molecule has 5 nitrogen and oxygen atoms in total. The zero-order chi connectivity index (χ0) is 16.7. The molecular weight excluding hydrogens is 297 g/mol. The number of piperidine rings is 1. The topological polar surface area (TPSA) is 64.6 Å². The lowest BCUT2D eigenvalue weighted by Gasteiger charge is -2.34. The van der Waals surface area contributed by atoms with E-state index in [4.69, 9.17) is 0 Å². The third-order valence-electron chi connectivity index (χ3n) is 4.24. The minimum absolute atomic E-state index is 0.135. The highest BCUT2D eigenvalue weighted by Gasteiger charge is 2.21. The van der Waals surface area contributed by atoms with Crippen molar-refractivity contribution < 1.29 is 14.3 Å². The van der Waals surface area contributed by atoms with Gasteiger partial charge in [-0.3, -0.25) is 0 Å². The Morgan fingerprint density at radius 2 is 2.17 bits per heavy atom. The van der Waals surface area contributed by atoms with Crippen molar-refractivity contribution in [3.05, 3.63) is 30.1 Å². The number of amides is 2. The van der Waals surface area contributed by atoms with Crippen LogP contribution in [0.1, 0.15) is 32.6 Å². The number of aliphatic hydroxyl groups excluding tert-OH is 1. The lowest BCUT2D eigenvalue weighted by Crippen LogP contribution is -2.48. The Balaban J connectivity index is 1.69. The molecule has 3 N–H and O–H groups in total. The number of carbonyl (C=O) groups excluding carboxylic acids is 1. The van der Waals surface area contributed by atoms with Gasteiger partial charge >= 0.3 is 6.03 Å². The predicted molar refractivity (Wildman–Crippen MR) is 89.1 cm³/mol. The van der Waals surface area contributed by atoms with Crippen molar-refractivity contribution >= 4 is 11.7 Å². The van der Waals surface area contributed by atoms with Gasteiger partial charge in [-0.1, -0.05) is 13.0 Å². The van der Waals surface area contributed by atoms with Gasteiger partial charge in [-0.2, -0.15) is 0 Å². The molecule has 0 aliphatic carbocycles. The number of halogens is 1. The maximum atomic E-state index is 13.3. The summed E-state index contributed by atoms with van der Waals surface area (Å²) in [6.07, 6.45) is 2.58. The van der Waals surface area contributed by atoms with Crippen LogP contribution in [0.4, 0.5) is 14.9 Å². The minimum atomic E-state index is -0.357. The van der Waals surface area contributed by atoms with E-state index in [0.717, 1.165) is 31.6 Å². The smallest absolute Gasteiger partial charge is 0.315 e. The van der Waals surface area contributed by atoms with Crippen LogP contribution < -0.4 is 15.5 Å². The number of nitrogens with one attached hydrogen (secondary N) is 2. The van der Waals surface area contributed by atoms with Crippen molar-refractivity contribution in [1.82, 2.24) is 10.6 Å². The van der Waals surface area contributed by atoms with Crippen LogP contribution in [0.5, 0.6) is 0 Å². The number of hydrogen-bond acceptors (Lipinski definition) is 3. The molecule has 2 rings (SSSR count). The molecule has 1 aromatic carbocycles. The molecule has 0 spiro atoms. The summed E-state index contributed by atoms with van der Waals surface area (Å²) in [5, 5.41) is 15.2. The van der Waals surface area contributed by atoms with Gasteiger partial charge in [0, 0.05) is 31.4 Å². The van der Waals surface area contributed by atoms with Crippen molar-refractivity contribution in [1.29, 1.82) is 0 Å². The van der Waals surface area contributed by atoms with Crippen molar-refractivity contribution in [2.24, 2.45) is 0 Å². The van der Waals surface area contributed by atoms with E-state index in [0.29, 0.717) is 19.4 Å². The predicted octanol–water partition coefficient (Wildman–Crippen LogP) is 2.25. The van der Waals surface area contributed by atoms with Crippen molar-refractivity contribution in [3.63, 3.8) is 0 Å². The Kier molecular flexibility index (Phi) is 6.65. The highest BCUT2D eigenvalue weighted by Crippen LogP contribution is 2.20. The number of urea groups is 1. The quantitative estimate of drug-likeness (QED) is 0.752. The number of rotatable bonds is 6. The molecule has 0 saturated carbocycles. The zero-order valence-electron chi connectivity index (χ0n) is 13.6. The zero-order valence-corrected chi connectivity index (χ0v) is 13.6. The molecule has 1 aliphatic rings. The van der Waals surface area contributed by atoms with Crippen molar-refractivity contribution in [3.8, 4) is 0 Å². The van der Waals surface area contributed by atoms with E-state index in [1.165, 1.54) is 6.07 Å². The van der Waals surface area contributed by atoms with Gasteiger partial charge in [0.15, 0.2) is 0 Å². The van der Waals surface area contributed by atoms with Crippen LogP contribution in [-0.2, 0) is 0 Å². The molecule has 128 valence electrons. The number of aliphatic hydroxyl groups is 1. The first-order valence-electron chi connectivity index (χ1n) is 8.31. The van der Waals surface area contributed by atoms with Gasteiger partial charge in [0.2, 0.25) is 0 Å². The summed E-state index contributed by atoms with van der Waals surface area (Å²) in [5.74, 6) is -0.226. The van der Waals surface area contributed by atoms with E-state index in [-0.39, 0.29) is 24.0 Å². The van der Waals surface area contributed by atoms with E-state index >= 15 is 0 Å². The van der Waals surface area contributed by atoms with E-state index in [1.807, 2.05) is 13.0 Å². The average Bonchev–Trinajstić information content (AvgIpc) is 2.55. The third kappa shape index (κ3) is 5.71. The highest BCUT2D eigenvalue weighted by molar-refractivity contribution is 5.74. The standard InChI is InChI=1S/C17H26FN3O2/c1-2-16(22)6-9-19-17(23)20-14-7-10-21(11-8-14)15-5-3-4-13(18)12-15/h3-5,12,14,16,22H,2,6-11H2,1H3,(H2,19,20,23). The van der Waals surface area contributed by atoms with Crippen LogP contribution in [0.15, 0.2) is 24.3 Å². The summed E-state index contributed by atoms with van der Waals surface area (Å²) >= 11 is 0. The summed E-state index contributed by atoms with van der Waals surface area (Å²) in [4.78, 5) is 13.9. The van der Waals surface area contributed by atoms with E-state index in [2.05, 4.69) is 15.5 Å². The Bertz CT molecular complexity index is 504. The Morgan fingerprint density at radius 1 is 1.43 bits per heavy atom. The van der Waals surface area contributed by atoms with E-state index in [9.17, 15) is 14.3 Å². The molecule has 1 saturated heterocycles. The Labute approximate surface area is 136 Å². The lowest BCUT2D eigenvalue weighted by molar-refractivity contribution is 0.160. The summed E-state index contributed by atoms with van der Waals surface area (Å²) in [5.41, 5.74) is 0.890. The number of benzene rings is 1. The monoisotopic (exact) mass is 323 g/mol. The van der Waals surface area contributed by atoms with Gasteiger partial charge in [-0.15, -0.1) is 0 Å². The van der Waals surface area contributed by atoms with Crippen LogP contribution in [0.2, 0.25) is 0 Å². The maximum absolute atomic E-state index is 13.3. The SMILES string of the molecule is CCC(O)CCNC(=O)NC1CCN(c2cccc(F)c2)CC1. The van der Waals surface area contributed by atoms with Crippen LogP contribution in [0.3, 0.4) is 0 Å². The number of anilines is 1. The minimum Gasteiger partial charge on any atom is -0.393 e. The van der Waals surface area contributed by atoms with Gasteiger partial charge in [-0.05, 0) is 43.9 Å². The van der Waals surface area contributed by atoms with Crippen LogP contribution >= 0.6 is 0 Å². The fourth-order valence-corrected chi connectivity index (χ4v) is 2.75. The van der Waals surface area contributed by atoms with E-state index in [1.54, 1.807) is 12.1 Å². The largest absolute Gasteiger partial charge is 0.393 e. The summed E-state index contributed by atoms with van der Waals surface area (Å²) in [6.45, 7) is 3.98. The molecule has 1 atom stereocenters. The van der Waals surface area contributed by atoms with Gasteiger partial charge in [0.25, 0.3) is 0 Å². The molecule has 1 fully saturated rings. The van der Waals surface area contributed by atoms with E-state index < -0.39 is 0 Å². The normalized spacial score (nSPS) is 16.9. The highest BCUT2D eigenvalue weighted by atomic mass is 19.1. The van der Waals surface area contributed by atoms with Crippen LogP contribution in [0.25, 0.3) is 0 Å². The second-order valence-electron chi connectivity index (χ2n) is 5.99.